The van der Waals surface area contributed by atoms with Crippen molar-refractivity contribution in [2.24, 2.45) is 5.73 Å². The lowest BCUT2D eigenvalue weighted by Gasteiger charge is -2.15. The van der Waals surface area contributed by atoms with Gasteiger partial charge in [0, 0.05) is 4.47 Å². The Balaban J connectivity index is 2.33. The Hall–Kier alpha value is -1.19. The van der Waals surface area contributed by atoms with Crippen molar-refractivity contribution >= 4 is 15.9 Å². The lowest BCUT2D eigenvalue weighted by molar-refractivity contribution is 0.623. The Labute approximate surface area is 121 Å². The number of benzene rings is 2. The van der Waals surface area contributed by atoms with Crippen LogP contribution in [0.1, 0.15) is 42.5 Å². The van der Waals surface area contributed by atoms with Crippen molar-refractivity contribution in [2.75, 3.05) is 0 Å². The molecule has 19 heavy (non-hydrogen) atoms. The first-order chi connectivity index (χ1) is 8.99. The molecule has 100 valence electrons. The highest BCUT2D eigenvalue weighted by atomic mass is 79.9. The van der Waals surface area contributed by atoms with E-state index in [-0.39, 0.29) is 11.9 Å². The maximum absolute atomic E-state index is 13.3. The van der Waals surface area contributed by atoms with Crippen LogP contribution in [0.2, 0.25) is 0 Å². The summed E-state index contributed by atoms with van der Waals surface area (Å²) in [5, 5.41) is 0. The first-order valence-electron chi connectivity index (χ1n) is 6.29. The molecule has 0 aliphatic rings. The second kappa shape index (κ2) is 5.85. The second-order valence-corrected chi connectivity index (χ2v) is 5.82. The Kier molecular flexibility index (Phi) is 4.38. The number of hydrogen-bond donors (Lipinski definition) is 1. The third kappa shape index (κ3) is 3.23. The van der Waals surface area contributed by atoms with Gasteiger partial charge in [0.15, 0.2) is 0 Å². The van der Waals surface area contributed by atoms with Crippen molar-refractivity contribution in [2.45, 2.75) is 25.8 Å². The van der Waals surface area contributed by atoms with Gasteiger partial charge in [-0.15, -0.1) is 0 Å². The molecule has 1 atom stereocenters. The summed E-state index contributed by atoms with van der Waals surface area (Å²) in [7, 11) is 0. The molecular formula is C16H17BrFN. The van der Waals surface area contributed by atoms with E-state index < -0.39 is 0 Å². The van der Waals surface area contributed by atoms with Crippen molar-refractivity contribution in [1.29, 1.82) is 0 Å². The Morgan fingerprint density at radius 3 is 2.16 bits per heavy atom. The third-order valence-corrected chi connectivity index (χ3v) is 3.98. The maximum atomic E-state index is 13.3. The van der Waals surface area contributed by atoms with E-state index in [4.69, 9.17) is 5.73 Å². The van der Waals surface area contributed by atoms with Crippen molar-refractivity contribution in [3.8, 4) is 0 Å². The van der Waals surface area contributed by atoms with Gasteiger partial charge in [0.2, 0.25) is 0 Å². The normalized spacial score (nSPS) is 12.7. The molecule has 0 aromatic heterocycles. The van der Waals surface area contributed by atoms with Crippen LogP contribution >= 0.6 is 15.9 Å². The largest absolute Gasteiger partial charge is 0.320 e. The van der Waals surface area contributed by atoms with Crippen LogP contribution < -0.4 is 5.73 Å². The number of halogens is 2. The minimum Gasteiger partial charge on any atom is -0.320 e. The zero-order valence-corrected chi connectivity index (χ0v) is 12.6. The molecule has 0 saturated carbocycles. The van der Waals surface area contributed by atoms with Crippen molar-refractivity contribution in [3.05, 3.63) is 69.4 Å². The molecule has 3 heteroatoms. The fourth-order valence-corrected chi connectivity index (χ4v) is 2.51. The van der Waals surface area contributed by atoms with Gasteiger partial charge >= 0.3 is 0 Å². The van der Waals surface area contributed by atoms with Crippen molar-refractivity contribution in [3.63, 3.8) is 0 Å². The molecule has 0 heterocycles. The average Bonchev–Trinajstić information content (AvgIpc) is 2.41. The molecule has 2 N–H and O–H groups in total. The highest BCUT2D eigenvalue weighted by molar-refractivity contribution is 9.10. The predicted molar refractivity (Wildman–Crippen MR) is 80.7 cm³/mol. The summed E-state index contributed by atoms with van der Waals surface area (Å²) in [6.45, 7) is 4.30. The SMILES string of the molecule is CC(C)c1ccc(C(N)c2cc(F)ccc2Br)cc1. The standard InChI is InChI=1S/C16H17BrFN/c1-10(2)11-3-5-12(6-4-11)16(19)14-9-13(18)7-8-15(14)17/h3-10,16H,19H2,1-2H3. The molecule has 1 nitrogen and oxygen atoms in total. The third-order valence-electron chi connectivity index (χ3n) is 3.26. The van der Waals surface area contributed by atoms with E-state index in [0.717, 1.165) is 15.6 Å². The quantitative estimate of drug-likeness (QED) is 0.866. The van der Waals surface area contributed by atoms with Gasteiger partial charge < -0.3 is 5.73 Å². The summed E-state index contributed by atoms with van der Waals surface area (Å²) in [6.07, 6.45) is 0. The zero-order chi connectivity index (χ0) is 14.0. The van der Waals surface area contributed by atoms with Crippen molar-refractivity contribution in [1.82, 2.24) is 0 Å². The monoisotopic (exact) mass is 321 g/mol. The zero-order valence-electron chi connectivity index (χ0n) is 11.0. The van der Waals surface area contributed by atoms with Gasteiger partial charge in [0.25, 0.3) is 0 Å². The first kappa shape index (κ1) is 14.2. The maximum Gasteiger partial charge on any atom is 0.123 e. The van der Waals surface area contributed by atoms with Gasteiger partial charge in [-0.05, 0) is 40.8 Å². The second-order valence-electron chi connectivity index (χ2n) is 4.96. The van der Waals surface area contributed by atoms with E-state index in [1.807, 2.05) is 12.1 Å². The molecule has 0 radical (unpaired) electrons. The lowest BCUT2D eigenvalue weighted by Crippen LogP contribution is -2.13. The van der Waals surface area contributed by atoms with Gasteiger partial charge in [0.05, 0.1) is 6.04 Å². The molecular weight excluding hydrogens is 305 g/mol. The summed E-state index contributed by atoms with van der Waals surface area (Å²) in [5.41, 5.74) is 9.23. The molecule has 0 aliphatic carbocycles. The number of rotatable bonds is 3. The van der Waals surface area contributed by atoms with Gasteiger partial charge in [-0.2, -0.15) is 0 Å². The molecule has 2 rings (SSSR count). The van der Waals surface area contributed by atoms with E-state index >= 15 is 0 Å². The topological polar surface area (TPSA) is 26.0 Å². The van der Waals surface area contributed by atoms with Crippen LogP contribution in [0.3, 0.4) is 0 Å². The lowest BCUT2D eigenvalue weighted by atomic mass is 9.96. The van der Waals surface area contributed by atoms with Crippen LogP contribution in [0.4, 0.5) is 4.39 Å². The smallest absolute Gasteiger partial charge is 0.123 e. The molecule has 0 fully saturated rings. The summed E-state index contributed by atoms with van der Waals surface area (Å²) in [6, 6.07) is 12.4. The molecule has 0 spiro atoms. The summed E-state index contributed by atoms with van der Waals surface area (Å²) in [4.78, 5) is 0. The highest BCUT2D eigenvalue weighted by Gasteiger charge is 2.13. The summed E-state index contributed by atoms with van der Waals surface area (Å²) >= 11 is 3.42. The Morgan fingerprint density at radius 1 is 1.00 bits per heavy atom. The van der Waals surface area contributed by atoms with Crippen LogP contribution in [0.5, 0.6) is 0 Å². The fraction of sp³-hybridized carbons (Fsp3) is 0.250. The van der Waals surface area contributed by atoms with Gasteiger partial charge in [-0.1, -0.05) is 54.0 Å². The van der Waals surface area contributed by atoms with Crippen LogP contribution in [0.15, 0.2) is 46.9 Å². The van der Waals surface area contributed by atoms with Crippen molar-refractivity contribution < 1.29 is 4.39 Å². The molecule has 2 aromatic carbocycles. The average molecular weight is 322 g/mol. The molecule has 0 amide bonds. The van der Waals surface area contributed by atoms with E-state index in [1.165, 1.54) is 17.7 Å². The molecule has 0 saturated heterocycles. The van der Waals surface area contributed by atoms with Crippen LogP contribution in [-0.2, 0) is 0 Å². The molecule has 2 aromatic rings. The summed E-state index contributed by atoms with van der Waals surface area (Å²) in [5.74, 6) is 0.221. The number of hydrogen-bond acceptors (Lipinski definition) is 1. The van der Waals surface area contributed by atoms with E-state index in [9.17, 15) is 4.39 Å². The van der Waals surface area contributed by atoms with Crippen LogP contribution in [0.25, 0.3) is 0 Å². The molecule has 1 unspecified atom stereocenters. The van der Waals surface area contributed by atoms with Gasteiger partial charge in [0.1, 0.15) is 5.82 Å². The minimum atomic E-state index is -0.328. The van der Waals surface area contributed by atoms with E-state index in [0.29, 0.717) is 5.92 Å². The van der Waals surface area contributed by atoms with E-state index in [2.05, 4.69) is 41.9 Å². The highest BCUT2D eigenvalue weighted by Crippen LogP contribution is 2.28. The minimum absolute atomic E-state index is 0.271. The molecule has 0 aliphatic heterocycles. The van der Waals surface area contributed by atoms with Crippen LogP contribution in [0, 0.1) is 5.82 Å². The van der Waals surface area contributed by atoms with E-state index in [1.54, 1.807) is 6.07 Å². The Morgan fingerprint density at radius 2 is 1.58 bits per heavy atom. The fourth-order valence-electron chi connectivity index (χ4n) is 2.02. The predicted octanol–water partition coefficient (Wildman–Crippen LogP) is 4.76. The summed E-state index contributed by atoms with van der Waals surface area (Å²) < 4.78 is 14.1. The number of nitrogens with two attached hydrogens (primary N) is 1. The first-order valence-corrected chi connectivity index (χ1v) is 7.08. The molecule has 0 bridgehead atoms. The van der Waals surface area contributed by atoms with Gasteiger partial charge in [-0.3, -0.25) is 0 Å². The Bertz CT molecular complexity index is 563. The van der Waals surface area contributed by atoms with Gasteiger partial charge in [-0.25, -0.2) is 4.39 Å². The van der Waals surface area contributed by atoms with Crippen LogP contribution in [-0.4, -0.2) is 0 Å².